The molecule has 1 fully saturated rings. The van der Waals surface area contributed by atoms with E-state index >= 15 is 0 Å². The first-order valence-electron chi connectivity index (χ1n) is 6.81. The van der Waals surface area contributed by atoms with E-state index in [2.05, 4.69) is 10.2 Å². The second kappa shape index (κ2) is 6.26. The molecule has 0 unspecified atom stereocenters. The number of nitrogens with one attached hydrogen (secondary N) is 1. The Morgan fingerprint density at radius 2 is 1.80 bits per heavy atom. The summed E-state index contributed by atoms with van der Waals surface area (Å²) in [6.07, 6.45) is 6.41. The van der Waals surface area contributed by atoms with E-state index in [0.717, 1.165) is 37.9 Å². The van der Waals surface area contributed by atoms with Crippen LogP contribution in [0.1, 0.15) is 25.7 Å². The summed E-state index contributed by atoms with van der Waals surface area (Å²) in [5.41, 5.74) is 1.31. The molecule has 5 nitrogen and oxygen atoms in total. The summed E-state index contributed by atoms with van der Waals surface area (Å²) in [6, 6.07) is 5.13. The second-order valence-electron chi connectivity index (χ2n) is 5.12. The molecule has 6 heteroatoms. The normalized spacial score (nSPS) is 16.6. The quantitative estimate of drug-likeness (QED) is 0.863. The van der Waals surface area contributed by atoms with Crippen molar-refractivity contribution >= 4 is 27.6 Å². The van der Waals surface area contributed by atoms with Crippen LogP contribution in [-0.2, 0) is 14.6 Å². The summed E-state index contributed by atoms with van der Waals surface area (Å²) in [6.45, 7) is 1.94. The van der Waals surface area contributed by atoms with Gasteiger partial charge in [-0.05, 0) is 31.0 Å². The smallest absolute Gasteiger partial charge is 0.211 e. The number of hydrogen-bond acceptors (Lipinski definition) is 4. The van der Waals surface area contributed by atoms with Gasteiger partial charge < -0.3 is 10.2 Å². The third kappa shape index (κ3) is 3.50. The van der Waals surface area contributed by atoms with Crippen LogP contribution >= 0.6 is 0 Å². The second-order valence-corrected chi connectivity index (χ2v) is 7.10. The lowest BCUT2D eigenvalue weighted by Gasteiger charge is -2.23. The van der Waals surface area contributed by atoms with Gasteiger partial charge in [-0.1, -0.05) is 12.8 Å². The maximum atomic E-state index is 11.7. The molecule has 0 aliphatic carbocycles. The standard InChI is InChI=1S/C14H20N2O3S/c1-20(18,19)14-7-6-12(10-13(14)15-11-17)16-8-4-2-3-5-9-16/h6-7,10-11H,2-5,8-9H2,1H3,(H,15,17). The highest BCUT2D eigenvalue weighted by molar-refractivity contribution is 7.90. The number of carbonyl (C=O) groups is 1. The van der Waals surface area contributed by atoms with E-state index in [9.17, 15) is 13.2 Å². The van der Waals surface area contributed by atoms with Gasteiger partial charge in [0.25, 0.3) is 0 Å². The Labute approximate surface area is 119 Å². The van der Waals surface area contributed by atoms with Gasteiger partial charge in [0, 0.05) is 25.0 Å². The fourth-order valence-corrected chi connectivity index (χ4v) is 3.38. The van der Waals surface area contributed by atoms with Gasteiger partial charge in [-0.25, -0.2) is 8.42 Å². The number of amides is 1. The molecule has 1 aliphatic rings. The summed E-state index contributed by atoms with van der Waals surface area (Å²) in [5.74, 6) is 0. The zero-order valence-electron chi connectivity index (χ0n) is 11.6. The zero-order chi connectivity index (χ0) is 14.6. The zero-order valence-corrected chi connectivity index (χ0v) is 12.4. The van der Waals surface area contributed by atoms with E-state index in [-0.39, 0.29) is 4.90 Å². The molecular weight excluding hydrogens is 276 g/mol. The first-order chi connectivity index (χ1) is 9.52. The van der Waals surface area contributed by atoms with Gasteiger partial charge >= 0.3 is 0 Å². The molecule has 1 heterocycles. The number of benzene rings is 1. The van der Waals surface area contributed by atoms with Crippen LogP contribution in [0.25, 0.3) is 0 Å². The van der Waals surface area contributed by atoms with E-state index < -0.39 is 9.84 Å². The molecule has 0 spiro atoms. The number of carbonyl (C=O) groups excluding carboxylic acids is 1. The predicted molar refractivity (Wildman–Crippen MR) is 79.9 cm³/mol. The van der Waals surface area contributed by atoms with Crippen LogP contribution in [0, 0.1) is 0 Å². The molecule has 1 N–H and O–H groups in total. The Hall–Kier alpha value is -1.56. The van der Waals surface area contributed by atoms with Gasteiger partial charge in [0.1, 0.15) is 0 Å². The molecule has 0 radical (unpaired) electrons. The Kier molecular flexibility index (Phi) is 4.65. The molecule has 0 aromatic heterocycles. The van der Waals surface area contributed by atoms with Crippen LogP contribution in [0.15, 0.2) is 23.1 Å². The molecule has 2 rings (SSSR count). The van der Waals surface area contributed by atoms with Crippen molar-refractivity contribution in [3.63, 3.8) is 0 Å². The minimum Gasteiger partial charge on any atom is -0.371 e. The lowest BCUT2D eigenvalue weighted by Crippen LogP contribution is -2.24. The minimum absolute atomic E-state index is 0.156. The summed E-state index contributed by atoms with van der Waals surface area (Å²) >= 11 is 0. The third-order valence-corrected chi connectivity index (χ3v) is 4.70. The van der Waals surface area contributed by atoms with Crippen molar-refractivity contribution in [3.8, 4) is 0 Å². The summed E-state index contributed by atoms with van der Waals surface area (Å²) in [7, 11) is -3.35. The Balaban J connectivity index is 2.36. The van der Waals surface area contributed by atoms with E-state index in [1.54, 1.807) is 12.1 Å². The number of rotatable bonds is 4. The maximum absolute atomic E-state index is 11.7. The highest BCUT2D eigenvalue weighted by Crippen LogP contribution is 2.28. The Morgan fingerprint density at radius 1 is 1.15 bits per heavy atom. The molecule has 1 saturated heterocycles. The van der Waals surface area contributed by atoms with Crippen LogP contribution in [0.4, 0.5) is 11.4 Å². The maximum Gasteiger partial charge on any atom is 0.211 e. The van der Waals surface area contributed by atoms with Crippen molar-refractivity contribution in [2.75, 3.05) is 29.6 Å². The largest absolute Gasteiger partial charge is 0.371 e. The molecule has 1 aromatic rings. The van der Waals surface area contributed by atoms with Gasteiger partial charge in [-0.2, -0.15) is 0 Å². The van der Waals surface area contributed by atoms with Crippen LogP contribution in [0.5, 0.6) is 0 Å². The molecule has 0 saturated carbocycles. The van der Waals surface area contributed by atoms with Gasteiger partial charge in [0.2, 0.25) is 6.41 Å². The molecule has 0 bridgehead atoms. The van der Waals surface area contributed by atoms with Crippen molar-refractivity contribution in [1.29, 1.82) is 0 Å². The summed E-state index contributed by atoms with van der Waals surface area (Å²) in [4.78, 5) is 13.1. The Morgan fingerprint density at radius 3 is 2.35 bits per heavy atom. The molecule has 110 valence electrons. The van der Waals surface area contributed by atoms with Crippen LogP contribution in [0.3, 0.4) is 0 Å². The van der Waals surface area contributed by atoms with Crippen LogP contribution in [0.2, 0.25) is 0 Å². The van der Waals surface area contributed by atoms with Crippen molar-refractivity contribution in [1.82, 2.24) is 0 Å². The number of sulfone groups is 1. The average molecular weight is 296 g/mol. The van der Waals surface area contributed by atoms with Crippen molar-refractivity contribution in [2.45, 2.75) is 30.6 Å². The average Bonchev–Trinajstić information content (AvgIpc) is 2.66. The minimum atomic E-state index is -3.35. The highest BCUT2D eigenvalue weighted by Gasteiger charge is 2.16. The van der Waals surface area contributed by atoms with Gasteiger partial charge in [0.15, 0.2) is 9.84 Å². The van der Waals surface area contributed by atoms with Crippen LogP contribution < -0.4 is 10.2 Å². The SMILES string of the molecule is CS(=O)(=O)c1ccc(N2CCCCCC2)cc1NC=O. The molecular formula is C14H20N2O3S. The number of anilines is 2. The Bertz CT molecular complexity index is 576. The monoisotopic (exact) mass is 296 g/mol. The molecule has 0 atom stereocenters. The van der Waals surface area contributed by atoms with Gasteiger partial charge in [-0.15, -0.1) is 0 Å². The molecule has 1 amide bonds. The van der Waals surface area contributed by atoms with Crippen molar-refractivity contribution < 1.29 is 13.2 Å². The number of hydrogen-bond donors (Lipinski definition) is 1. The number of nitrogens with zero attached hydrogens (tertiary/aromatic N) is 1. The lowest BCUT2D eigenvalue weighted by molar-refractivity contribution is -0.105. The summed E-state index contributed by atoms with van der Waals surface area (Å²) in [5, 5.41) is 2.49. The third-order valence-electron chi connectivity index (χ3n) is 3.55. The first-order valence-corrected chi connectivity index (χ1v) is 8.71. The summed E-state index contributed by atoms with van der Waals surface area (Å²) < 4.78 is 23.4. The molecule has 1 aliphatic heterocycles. The van der Waals surface area contributed by atoms with E-state index in [4.69, 9.17) is 0 Å². The fourth-order valence-electron chi connectivity index (χ4n) is 2.54. The van der Waals surface area contributed by atoms with Gasteiger partial charge in [0.05, 0.1) is 10.6 Å². The highest BCUT2D eigenvalue weighted by atomic mass is 32.2. The van der Waals surface area contributed by atoms with Crippen LogP contribution in [-0.4, -0.2) is 34.2 Å². The molecule has 20 heavy (non-hydrogen) atoms. The van der Waals surface area contributed by atoms with E-state index in [1.165, 1.54) is 12.8 Å². The van der Waals surface area contributed by atoms with E-state index in [0.29, 0.717) is 12.1 Å². The van der Waals surface area contributed by atoms with Gasteiger partial charge in [-0.3, -0.25) is 4.79 Å². The molecule has 1 aromatic carbocycles. The predicted octanol–water partition coefficient (Wildman–Crippen LogP) is 2.04. The van der Waals surface area contributed by atoms with Crippen molar-refractivity contribution in [2.24, 2.45) is 0 Å². The lowest BCUT2D eigenvalue weighted by atomic mass is 10.2. The van der Waals surface area contributed by atoms with E-state index in [1.807, 2.05) is 6.07 Å². The first kappa shape index (κ1) is 14.8. The fraction of sp³-hybridized carbons (Fsp3) is 0.500. The van der Waals surface area contributed by atoms with Crippen molar-refractivity contribution in [3.05, 3.63) is 18.2 Å². The topological polar surface area (TPSA) is 66.5 Å².